The zero-order valence-corrected chi connectivity index (χ0v) is 17.9. The highest BCUT2D eigenvalue weighted by Crippen LogP contribution is 2.33. The molecule has 1 heteroatoms. The van der Waals surface area contributed by atoms with Crippen LogP contribution in [0, 0.1) is 13.8 Å². The van der Waals surface area contributed by atoms with E-state index < -0.39 is 0 Å². The fourth-order valence-corrected chi connectivity index (χ4v) is 4.18. The van der Waals surface area contributed by atoms with Gasteiger partial charge in [-0.25, -0.2) is 0 Å². The van der Waals surface area contributed by atoms with E-state index in [0.29, 0.717) is 0 Å². The van der Waals surface area contributed by atoms with E-state index >= 15 is 0 Å². The summed E-state index contributed by atoms with van der Waals surface area (Å²) in [6.07, 6.45) is 0. The molecule has 0 unspecified atom stereocenters. The number of hydrogen-bond acceptors (Lipinski definition) is 1. The van der Waals surface area contributed by atoms with Gasteiger partial charge < -0.3 is 5.32 Å². The predicted molar refractivity (Wildman–Crippen MR) is 134 cm³/mol. The zero-order chi connectivity index (χ0) is 21.2. The smallest absolute Gasteiger partial charge is 0.0390 e. The van der Waals surface area contributed by atoms with Gasteiger partial charge in [-0.3, -0.25) is 0 Å². The van der Waals surface area contributed by atoms with Gasteiger partial charge in [0, 0.05) is 11.4 Å². The molecule has 0 aliphatic carbocycles. The summed E-state index contributed by atoms with van der Waals surface area (Å²) >= 11 is 0. The molecule has 5 aromatic rings. The van der Waals surface area contributed by atoms with Crippen molar-refractivity contribution >= 4 is 22.1 Å². The molecular weight excluding hydrogens is 374 g/mol. The minimum Gasteiger partial charge on any atom is -0.356 e. The molecule has 5 aromatic carbocycles. The maximum atomic E-state index is 3.58. The topological polar surface area (TPSA) is 12.0 Å². The van der Waals surface area contributed by atoms with E-state index in [-0.39, 0.29) is 0 Å². The first-order valence-corrected chi connectivity index (χ1v) is 10.7. The maximum Gasteiger partial charge on any atom is 0.0390 e. The molecule has 0 aliphatic rings. The van der Waals surface area contributed by atoms with Crippen molar-refractivity contribution in [2.45, 2.75) is 13.8 Å². The van der Waals surface area contributed by atoms with Gasteiger partial charge in [0.15, 0.2) is 0 Å². The predicted octanol–water partition coefficient (Wildman–Crippen LogP) is 8.53. The molecule has 0 radical (unpaired) electrons. The van der Waals surface area contributed by atoms with Crippen LogP contribution in [-0.2, 0) is 0 Å². The van der Waals surface area contributed by atoms with Crippen LogP contribution in [0.4, 0.5) is 11.4 Å². The van der Waals surface area contributed by atoms with Gasteiger partial charge in [-0.1, -0.05) is 78.9 Å². The lowest BCUT2D eigenvalue weighted by Gasteiger charge is -2.14. The number of aryl methyl sites for hydroxylation is 2. The molecule has 1 nitrogen and oxygen atoms in total. The minimum absolute atomic E-state index is 1.09. The summed E-state index contributed by atoms with van der Waals surface area (Å²) in [6, 6.07) is 38.9. The van der Waals surface area contributed by atoms with Crippen molar-refractivity contribution in [1.29, 1.82) is 0 Å². The molecule has 0 bridgehead atoms. The third kappa shape index (κ3) is 3.95. The van der Waals surface area contributed by atoms with Gasteiger partial charge >= 0.3 is 0 Å². The molecule has 0 amide bonds. The van der Waals surface area contributed by atoms with E-state index in [4.69, 9.17) is 0 Å². The Kier molecular flexibility index (Phi) is 5.01. The van der Waals surface area contributed by atoms with Gasteiger partial charge in [0.2, 0.25) is 0 Å². The molecule has 0 aromatic heterocycles. The van der Waals surface area contributed by atoms with E-state index in [1.807, 2.05) is 6.07 Å². The molecule has 5 rings (SSSR count). The summed E-state index contributed by atoms with van der Waals surface area (Å²) in [6.45, 7) is 4.38. The van der Waals surface area contributed by atoms with Crippen LogP contribution in [0.25, 0.3) is 33.0 Å². The first kappa shape index (κ1) is 19.1. The number of hydrogen-bond donors (Lipinski definition) is 1. The lowest BCUT2D eigenvalue weighted by atomic mass is 9.93. The zero-order valence-electron chi connectivity index (χ0n) is 17.9. The SMILES string of the molecule is Cc1ccc(Nc2ccc(-c3ccccc3)cc2)cc1-c1cc2ccccc2cc1C. The van der Waals surface area contributed by atoms with E-state index in [1.165, 1.54) is 44.2 Å². The van der Waals surface area contributed by atoms with Gasteiger partial charge in [-0.05, 0) is 88.3 Å². The fraction of sp³-hybridized carbons (Fsp3) is 0.0667. The average molecular weight is 400 g/mol. The molecular formula is C30H25N. The van der Waals surface area contributed by atoms with E-state index in [2.05, 4.69) is 122 Å². The minimum atomic E-state index is 1.09. The van der Waals surface area contributed by atoms with Crippen LogP contribution in [-0.4, -0.2) is 0 Å². The standard InChI is InChI=1S/C30H25N/c1-21-12-15-28(31-27-16-13-24(14-17-27)23-8-4-3-5-9-23)20-30(21)29-19-26-11-7-6-10-25(26)18-22(29)2/h3-20,31H,1-2H3. The fourth-order valence-electron chi connectivity index (χ4n) is 4.18. The van der Waals surface area contributed by atoms with Crippen LogP contribution >= 0.6 is 0 Å². The van der Waals surface area contributed by atoms with Crippen molar-refractivity contribution in [1.82, 2.24) is 0 Å². The number of benzene rings is 5. The number of fused-ring (bicyclic) bond motifs is 1. The first-order chi connectivity index (χ1) is 15.2. The van der Waals surface area contributed by atoms with Crippen LogP contribution < -0.4 is 5.32 Å². The highest BCUT2D eigenvalue weighted by Gasteiger charge is 2.09. The Bertz CT molecular complexity index is 1350. The summed E-state index contributed by atoms with van der Waals surface area (Å²) in [5.74, 6) is 0. The van der Waals surface area contributed by atoms with Crippen LogP contribution in [0.3, 0.4) is 0 Å². The number of nitrogens with one attached hydrogen (secondary N) is 1. The van der Waals surface area contributed by atoms with E-state index in [0.717, 1.165) is 11.4 Å². The van der Waals surface area contributed by atoms with Crippen LogP contribution in [0.1, 0.15) is 11.1 Å². The lowest BCUT2D eigenvalue weighted by molar-refractivity contribution is 1.41. The number of rotatable bonds is 4. The van der Waals surface area contributed by atoms with Crippen molar-refractivity contribution in [2.75, 3.05) is 5.32 Å². The molecule has 0 aliphatic heterocycles. The quantitative estimate of drug-likeness (QED) is 0.319. The van der Waals surface area contributed by atoms with Crippen LogP contribution in [0.2, 0.25) is 0 Å². The molecule has 0 saturated carbocycles. The van der Waals surface area contributed by atoms with Crippen molar-refractivity contribution in [3.8, 4) is 22.3 Å². The average Bonchev–Trinajstić information content (AvgIpc) is 2.81. The lowest BCUT2D eigenvalue weighted by Crippen LogP contribution is -1.94. The second kappa shape index (κ2) is 8.12. The molecule has 0 heterocycles. The Morgan fingerprint density at radius 2 is 1.03 bits per heavy atom. The summed E-state index contributed by atoms with van der Waals surface area (Å²) < 4.78 is 0. The molecule has 0 spiro atoms. The summed E-state index contributed by atoms with van der Waals surface area (Å²) in [7, 11) is 0. The molecule has 150 valence electrons. The molecule has 0 atom stereocenters. The van der Waals surface area contributed by atoms with Crippen LogP contribution in [0.5, 0.6) is 0 Å². The summed E-state index contributed by atoms with van der Waals surface area (Å²) in [5.41, 5.74) is 9.79. The Labute approximate surface area is 184 Å². The van der Waals surface area contributed by atoms with Gasteiger partial charge in [0.05, 0.1) is 0 Å². The van der Waals surface area contributed by atoms with Crippen molar-refractivity contribution in [2.24, 2.45) is 0 Å². The molecule has 0 fully saturated rings. The normalized spacial score (nSPS) is 10.9. The van der Waals surface area contributed by atoms with Gasteiger partial charge in [-0.2, -0.15) is 0 Å². The maximum absolute atomic E-state index is 3.58. The Hall–Kier alpha value is -3.84. The highest BCUT2D eigenvalue weighted by molar-refractivity contribution is 5.90. The summed E-state index contributed by atoms with van der Waals surface area (Å²) in [5, 5.41) is 6.14. The monoisotopic (exact) mass is 399 g/mol. The Morgan fingerprint density at radius 3 is 1.77 bits per heavy atom. The third-order valence-electron chi connectivity index (χ3n) is 5.90. The first-order valence-electron chi connectivity index (χ1n) is 10.7. The number of anilines is 2. The van der Waals surface area contributed by atoms with Crippen molar-refractivity contribution in [3.63, 3.8) is 0 Å². The molecule has 31 heavy (non-hydrogen) atoms. The Balaban J connectivity index is 1.46. The third-order valence-corrected chi connectivity index (χ3v) is 5.90. The largest absolute Gasteiger partial charge is 0.356 e. The van der Waals surface area contributed by atoms with E-state index in [1.54, 1.807) is 0 Å². The van der Waals surface area contributed by atoms with Crippen molar-refractivity contribution in [3.05, 3.63) is 120 Å². The summed E-state index contributed by atoms with van der Waals surface area (Å²) in [4.78, 5) is 0. The molecule has 0 saturated heterocycles. The second-order valence-corrected chi connectivity index (χ2v) is 8.11. The molecule has 1 N–H and O–H groups in total. The van der Waals surface area contributed by atoms with Gasteiger partial charge in [-0.15, -0.1) is 0 Å². The van der Waals surface area contributed by atoms with E-state index in [9.17, 15) is 0 Å². The van der Waals surface area contributed by atoms with Gasteiger partial charge in [0.25, 0.3) is 0 Å². The Morgan fingerprint density at radius 1 is 0.452 bits per heavy atom. The highest BCUT2D eigenvalue weighted by atomic mass is 14.9. The van der Waals surface area contributed by atoms with Crippen LogP contribution in [0.15, 0.2) is 109 Å². The second-order valence-electron chi connectivity index (χ2n) is 8.11. The van der Waals surface area contributed by atoms with Crippen molar-refractivity contribution < 1.29 is 0 Å². The van der Waals surface area contributed by atoms with Gasteiger partial charge in [0.1, 0.15) is 0 Å².